The van der Waals surface area contributed by atoms with Crippen molar-refractivity contribution in [3.63, 3.8) is 0 Å². The van der Waals surface area contributed by atoms with E-state index in [9.17, 15) is 5.11 Å². The van der Waals surface area contributed by atoms with E-state index in [0.717, 1.165) is 32.1 Å². The van der Waals surface area contributed by atoms with E-state index in [-0.39, 0.29) is 41.0 Å². The Morgan fingerprint density at radius 2 is 1.61 bits per heavy atom. The lowest BCUT2D eigenvalue weighted by Gasteiger charge is -2.58. The fourth-order valence-electron chi connectivity index (χ4n) is 6.53. The summed E-state index contributed by atoms with van der Waals surface area (Å²) in [5.41, 5.74) is -2.04. The smallest absolute Gasteiger partial charge is 0.0922 e. The van der Waals surface area contributed by atoms with Crippen LogP contribution in [0.5, 0.6) is 0 Å². The van der Waals surface area contributed by atoms with Crippen LogP contribution in [0.3, 0.4) is 0 Å². The Hall–Kier alpha value is -0.680. The quantitative estimate of drug-likeness (QED) is 0.427. The van der Waals surface area contributed by atoms with Crippen molar-refractivity contribution in [1.82, 2.24) is 0 Å². The Labute approximate surface area is 201 Å². The highest BCUT2D eigenvalue weighted by atomic mass is 32.1. The third kappa shape index (κ3) is 4.55. The molecule has 0 aromatic rings. The summed E-state index contributed by atoms with van der Waals surface area (Å²) in [7, 11) is 0. The number of hydrogen-bond donors (Lipinski definition) is 1. The Balaban J connectivity index is 2.03. The lowest BCUT2D eigenvalue weighted by atomic mass is 9.51. The lowest BCUT2D eigenvalue weighted by molar-refractivity contribution is -0.156. The van der Waals surface area contributed by atoms with Gasteiger partial charge in [-0.2, -0.15) is 0 Å². The highest BCUT2D eigenvalue weighted by Crippen LogP contribution is 2.58. The van der Waals surface area contributed by atoms with E-state index in [1.165, 1.54) is 0 Å². The summed E-state index contributed by atoms with van der Waals surface area (Å²) >= 11 is 14.9. The predicted molar refractivity (Wildman–Crippen MR) is 133 cm³/mol. The van der Waals surface area contributed by atoms with Crippen LogP contribution in [0.25, 0.3) is 0 Å². The summed E-state index contributed by atoms with van der Waals surface area (Å²) in [5.74, 6) is 0.475. The summed E-state index contributed by atoms with van der Waals surface area (Å²) in [4.78, 5) is 13.5. The van der Waals surface area contributed by atoms with Crippen LogP contribution in [-0.4, -0.2) is 55.0 Å². The molecule has 31 heavy (non-hydrogen) atoms. The molecule has 0 radical (unpaired) electrons. The average Bonchev–Trinajstić information content (AvgIpc) is 3.08. The summed E-state index contributed by atoms with van der Waals surface area (Å²) < 4.78 is 6.76. The molecule has 1 heterocycles. The van der Waals surface area contributed by atoms with Crippen LogP contribution in [0.1, 0.15) is 73.1 Å². The fourth-order valence-corrected chi connectivity index (χ4v) is 7.09. The molecule has 1 aliphatic heterocycles. The van der Waals surface area contributed by atoms with Gasteiger partial charge in [0.2, 0.25) is 0 Å². The molecule has 2 saturated carbocycles. The first-order valence-electron chi connectivity index (χ1n) is 11.1. The van der Waals surface area contributed by atoms with Crippen molar-refractivity contribution in [2.45, 2.75) is 108 Å². The Morgan fingerprint density at radius 1 is 0.935 bits per heavy atom. The Kier molecular flexibility index (Phi) is 7.19. The number of thiocarbonyl (C=S) groups is 3. The number of nitrogens with zero attached hydrogens (tertiary/aromatic N) is 3. The van der Waals surface area contributed by atoms with Crippen LogP contribution in [0.2, 0.25) is 0 Å². The van der Waals surface area contributed by atoms with Gasteiger partial charge < -0.3 is 9.84 Å². The minimum atomic E-state index is -0.944. The van der Waals surface area contributed by atoms with Crippen molar-refractivity contribution in [1.29, 1.82) is 0 Å². The van der Waals surface area contributed by atoms with Crippen molar-refractivity contribution in [2.75, 3.05) is 0 Å². The first-order chi connectivity index (χ1) is 14.4. The minimum absolute atomic E-state index is 0.0322. The third-order valence-electron chi connectivity index (χ3n) is 8.37. The molecule has 8 heteroatoms. The van der Waals surface area contributed by atoms with Gasteiger partial charge in [-0.1, -0.05) is 0 Å². The van der Waals surface area contributed by atoms with Gasteiger partial charge in [-0.25, -0.2) is 15.0 Å². The lowest BCUT2D eigenvalue weighted by Crippen LogP contribution is -2.62. The molecule has 1 N–H and O–H groups in total. The van der Waals surface area contributed by atoms with Crippen molar-refractivity contribution >= 4 is 52.1 Å². The van der Waals surface area contributed by atoms with Gasteiger partial charge in [-0.3, -0.25) is 0 Å². The fraction of sp³-hybridized carbons (Fsp3) is 0.870. The van der Waals surface area contributed by atoms with Gasteiger partial charge in [0.15, 0.2) is 0 Å². The normalized spacial score (nSPS) is 44.9. The second kappa shape index (κ2) is 8.93. The van der Waals surface area contributed by atoms with E-state index in [1.807, 2.05) is 20.8 Å². The molecule has 0 amide bonds. The maximum Gasteiger partial charge on any atom is 0.0922 e. The topological polar surface area (TPSA) is 66.5 Å². The molecule has 0 aromatic carbocycles. The summed E-state index contributed by atoms with van der Waals surface area (Å²) in [6.07, 6.45) is 5.12. The van der Waals surface area contributed by atoms with E-state index in [1.54, 1.807) is 0 Å². The van der Waals surface area contributed by atoms with Crippen LogP contribution >= 0.6 is 36.7 Å². The molecule has 3 fully saturated rings. The molecular weight excluding hydrogens is 446 g/mol. The minimum Gasteiger partial charge on any atom is -0.388 e. The van der Waals surface area contributed by atoms with Crippen LogP contribution in [0.4, 0.5) is 0 Å². The monoisotopic (exact) mass is 479 g/mol. The van der Waals surface area contributed by atoms with E-state index in [4.69, 9.17) is 41.4 Å². The molecule has 3 rings (SSSR count). The molecule has 0 bridgehead atoms. The molecule has 0 spiro atoms. The van der Waals surface area contributed by atoms with Crippen LogP contribution in [0.15, 0.2) is 15.0 Å². The molecule has 1 saturated heterocycles. The van der Waals surface area contributed by atoms with Crippen molar-refractivity contribution in [3.8, 4) is 0 Å². The standard InChI is InChI=1S/C23H33N3O2S3/c1-20(2,25-13-30)17-8-11-23(5,28-17)16-6-9-21(3,26-14-31)15-7-10-22(4,27)19(18(15)16)24-12-29/h15-19,27H,6-11H2,1-5H3/t15-,16-,17-,18-,19+,21-,22+,23+/m0/s1. The molecule has 5 nitrogen and oxygen atoms in total. The highest BCUT2D eigenvalue weighted by molar-refractivity contribution is 7.78. The molecule has 8 atom stereocenters. The van der Waals surface area contributed by atoms with E-state index in [0.29, 0.717) is 6.42 Å². The summed E-state index contributed by atoms with van der Waals surface area (Å²) in [6, 6.07) is -0.347. The second-order valence-corrected chi connectivity index (χ2v) is 11.3. The molecular formula is C23H33N3O2S3. The molecule has 2 aliphatic carbocycles. The van der Waals surface area contributed by atoms with Crippen LogP contribution in [0, 0.1) is 17.8 Å². The van der Waals surface area contributed by atoms with Crippen molar-refractivity contribution < 1.29 is 9.84 Å². The molecule has 0 unspecified atom stereocenters. The second-order valence-electron chi connectivity index (χ2n) is 10.8. The van der Waals surface area contributed by atoms with Crippen molar-refractivity contribution in [2.24, 2.45) is 32.7 Å². The van der Waals surface area contributed by atoms with Gasteiger partial charge in [0.25, 0.3) is 0 Å². The zero-order chi connectivity index (χ0) is 23.1. The van der Waals surface area contributed by atoms with Gasteiger partial charge in [0.05, 0.1) is 49.9 Å². The number of hydrogen-bond acceptors (Lipinski definition) is 8. The summed E-state index contributed by atoms with van der Waals surface area (Å²) in [6.45, 7) is 10.3. The highest BCUT2D eigenvalue weighted by Gasteiger charge is 2.61. The Morgan fingerprint density at radius 3 is 2.23 bits per heavy atom. The van der Waals surface area contributed by atoms with Gasteiger partial charge in [0.1, 0.15) is 0 Å². The van der Waals surface area contributed by atoms with E-state index < -0.39 is 11.1 Å². The summed E-state index contributed by atoms with van der Waals surface area (Å²) in [5, 5.41) is 19.0. The van der Waals surface area contributed by atoms with Crippen LogP contribution < -0.4 is 0 Å². The zero-order valence-electron chi connectivity index (χ0n) is 19.1. The number of aliphatic imine (C=N–C) groups is 3. The first kappa shape index (κ1) is 25.0. The predicted octanol–water partition coefficient (Wildman–Crippen LogP) is 5.33. The molecule has 3 aliphatic rings. The maximum atomic E-state index is 11.3. The van der Waals surface area contributed by atoms with Gasteiger partial charge in [-0.05, 0) is 128 Å². The first-order valence-corrected chi connectivity index (χ1v) is 12.3. The van der Waals surface area contributed by atoms with Gasteiger partial charge in [0, 0.05) is 0 Å². The van der Waals surface area contributed by atoms with Gasteiger partial charge in [-0.15, -0.1) is 0 Å². The number of rotatable bonds is 5. The number of fused-ring (bicyclic) bond motifs is 1. The molecule has 170 valence electrons. The SMILES string of the molecule is CC(C)(N=C=S)[C@@H]1CC[C@](C)([C@H]2CC[C@](C)(N=C=S)[C@H]3CC[C@@](C)(O)[C@H](N=C=S)[C@H]23)O1. The van der Waals surface area contributed by atoms with Crippen molar-refractivity contribution in [3.05, 3.63) is 0 Å². The Bertz CT molecular complexity index is 858. The average molecular weight is 480 g/mol. The number of isothiocyanates is 3. The number of aliphatic hydroxyl groups is 1. The maximum absolute atomic E-state index is 11.3. The zero-order valence-corrected chi connectivity index (χ0v) is 21.5. The largest absolute Gasteiger partial charge is 0.388 e. The van der Waals surface area contributed by atoms with E-state index >= 15 is 0 Å². The molecule has 0 aromatic heterocycles. The number of ether oxygens (including phenoxy) is 1. The van der Waals surface area contributed by atoms with Crippen LogP contribution in [-0.2, 0) is 4.74 Å². The van der Waals surface area contributed by atoms with Gasteiger partial charge >= 0.3 is 0 Å². The third-order valence-corrected chi connectivity index (χ3v) is 8.65. The van der Waals surface area contributed by atoms with E-state index in [2.05, 4.69) is 44.3 Å².